The first-order valence-electron chi connectivity index (χ1n) is 7.18. The topological polar surface area (TPSA) is 66.8 Å². The van der Waals surface area contributed by atoms with Crippen molar-refractivity contribution in [3.63, 3.8) is 0 Å². The SMILES string of the molecule is CCCCC(CP(=O)(O)O)Oc1cccc2ccccc12. The number of hydrogen-bond acceptors (Lipinski definition) is 2. The summed E-state index contributed by atoms with van der Waals surface area (Å²) in [4.78, 5) is 18.4. The smallest absolute Gasteiger partial charge is 0.329 e. The molecular weight excluding hydrogens is 287 g/mol. The summed E-state index contributed by atoms with van der Waals surface area (Å²) in [6.45, 7) is 2.05. The molecule has 0 aliphatic rings. The molecule has 4 nitrogen and oxygen atoms in total. The van der Waals surface area contributed by atoms with Crippen LogP contribution >= 0.6 is 7.60 Å². The van der Waals surface area contributed by atoms with Gasteiger partial charge in [0.25, 0.3) is 0 Å². The van der Waals surface area contributed by atoms with Crippen molar-refractivity contribution in [3.05, 3.63) is 42.5 Å². The maximum Gasteiger partial charge on any atom is 0.329 e. The first-order chi connectivity index (χ1) is 9.99. The molecule has 0 spiro atoms. The van der Waals surface area contributed by atoms with E-state index in [4.69, 9.17) is 4.74 Å². The van der Waals surface area contributed by atoms with E-state index in [1.165, 1.54) is 0 Å². The third kappa shape index (κ3) is 4.85. The monoisotopic (exact) mass is 308 g/mol. The molecule has 2 N–H and O–H groups in total. The lowest BCUT2D eigenvalue weighted by molar-refractivity contribution is 0.203. The van der Waals surface area contributed by atoms with Gasteiger partial charge >= 0.3 is 7.60 Å². The van der Waals surface area contributed by atoms with Gasteiger partial charge in [0.2, 0.25) is 0 Å². The Hall–Kier alpha value is -1.35. The highest BCUT2D eigenvalue weighted by Gasteiger charge is 2.23. The van der Waals surface area contributed by atoms with E-state index in [2.05, 4.69) is 0 Å². The number of benzene rings is 2. The van der Waals surface area contributed by atoms with Crippen LogP contribution in [-0.2, 0) is 4.57 Å². The predicted molar refractivity (Wildman–Crippen MR) is 84.8 cm³/mol. The van der Waals surface area contributed by atoms with Crippen molar-refractivity contribution in [2.24, 2.45) is 0 Å². The molecular formula is C16H21O4P. The van der Waals surface area contributed by atoms with Crippen molar-refractivity contribution in [2.45, 2.75) is 32.3 Å². The van der Waals surface area contributed by atoms with Crippen molar-refractivity contribution in [2.75, 3.05) is 6.16 Å². The van der Waals surface area contributed by atoms with Crippen LogP contribution in [0.15, 0.2) is 42.5 Å². The third-order valence-electron chi connectivity index (χ3n) is 3.36. The highest BCUT2D eigenvalue weighted by atomic mass is 31.2. The largest absolute Gasteiger partial charge is 0.489 e. The summed E-state index contributed by atoms with van der Waals surface area (Å²) < 4.78 is 17.2. The minimum Gasteiger partial charge on any atom is -0.489 e. The Morgan fingerprint density at radius 2 is 1.86 bits per heavy atom. The lowest BCUT2D eigenvalue weighted by atomic mass is 10.1. The van der Waals surface area contributed by atoms with Crippen LogP contribution in [0.2, 0.25) is 0 Å². The molecule has 0 heterocycles. The zero-order valence-electron chi connectivity index (χ0n) is 12.1. The minimum absolute atomic E-state index is 0.240. The van der Waals surface area contributed by atoms with Gasteiger partial charge in [-0.25, -0.2) is 0 Å². The second-order valence-corrected chi connectivity index (χ2v) is 6.90. The molecule has 21 heavy (non-hydrogen) atoms. The van der Waals surface area contributed by atoms with Crippen LogP contribution in [0.1, 0.15) is 26.2 Å². The Bertz CT molecular complexity index is 630. The summed E-state index contributed by atoms with van der Waals surface area (Å²) >= 11 is 0. The maximum atomic E-state index is 11.3. The van der Waals surface area contributed by atoms with Crippen LogP contribution in [-0.4, -0.2) is 22.1 Å². The van der Waals surface area contributed by atoms with Crippen molar-refractivity contribution in [3.8, 4) is 5.75 Å². The first-order valence-corrected chi connectivity index (χ1v) is 8.98. The lowest BCUT2D eigenvalue weighted by Gasteiger charge is -2.20. The molecule has 114 valence electrons. The predicted octanol–water partition coefficient (Wildman–Crippen LogP) is 3.96. The van der Waals surface area contributed by atoms with Crippen molar-refractivity contribution in [1.82, 2.24) is 0 Å². The van der Waals surface area contributed by atoms with Gasteiger partial charge in [0.05, 0.1) is 6.16 Å². The zero-order valence-corrected chi connectivity index (χ0v) is 13.0. The zero-order chi connectivity index (χ0) is 15.3. The summed E-state index contributed by atoms with van der Waals surface area (Å²) in [5.41, 5.74) is 0. The Labute approximate surface area is 124 Å². The standard InChI is InChI=1S/C16H21O4P/c1-2-3-9-14(12-21(17,18)19)20-16-11-6-8-13-7-4-5-10-15(13)16/h4-8,10-11,14H,2-3,9,12H2,1H3,(H2,17,18,19). The van der Waals surface area contributed by atoms with Gasteiger partial charge in [0, 0.05) is 5.39 Å². The molecule has 0 fully saturated rings. The molecule has 0 bridgehead atoms. The van der Waals surface area contributed by atoms with Crippen LogP contribution in [0.3, 0.4) is 0 Å². The van der Waals surface area contributed by atoms with E-state index in [1.807, 2.05) is 49.4 Å². The van der Waals surface area contributed by atoms with E-state index in [1.54, 1.807) is 0 Å². The molecule has 2 rings (SSSR count). The van der Waals surface area contributed by atoms with Crippen molar-refractivity contribution in [1.29, 1.82) is 0 Å². The van der Waals surface area contributed by atoms with Gasteiger partial charge in [-0.2, -0.15) is 0 Å². The Balaban J connectivity index is 2.23. The molecule has 0 saturated carbocycles. The normalized spacial score (nSPS) is 13.3. The van der Waals surface area contributed by atoms with Gasteiger partial charge in [-0.1, -0.05) is 56.2 Å². The molecule has 2 aromatic carbocycles. The fraction of sp³-hybridized carbons (Fsp3) is 0.375. The molecule has 0 amide bonds. The molecule has 0 aliphatic carbocycles. The molecule has 2 aromatic rings. The second-order valence-electron chi connectivity index (χ2n) is 5.21. The fourth-order valence-corrected chi connectivity index (χ4v) is 3.15. The van der Waals surface area contributed by atoms with Gasteiger partial charge < -0.3 is 14.5 Å². The molecule has 1 atom stereocenters. The highest BCUT2D eigenvalue weighted by Crippen LogP contribution is 2.37. The summed E-state index contributed by atoms with van der Waals surface area (Å²) in [5, 5.41) is 2.02. The average Bonchev–Trinajstić information content (AvgIpc) is 2.43. The summed E-state index contributed by atoms with van der Waals surface area (Å²) in [5.74, 6) is 0.683. The van der Waals surface area contributed by atoms with Gasteiger partial charge in [-0.15, -0.1) is 0 Å². The summed E-state index contributed by atoms with van der Waals surface area (Å²) in [6.07, 6.45) is 1.80. The van der Waals surface area contributed by atoms with Crippen LogP contribution in [0.4, 0.5) is 0 Å². The molecule has 0 radical (unpaired) electrons. The molecule has 0 saturated heterocycles. The average molecular weight is 308 g/mol. The van der Waals surface area contributed by atoms with Crippen molar-refractivity contribution >= 4 is 18.4 Å². The maximum absolute atomic E-state index is 11.3. The second kappa shape index (κ2) is 7.08. The summed E-state index contributed by atoms with van der Waals surface area (Å²) in [6, 6.07) is 13.6. The molecule has 5 heteroatoms. The van der Waals surface area contributed by atoms with E-state index in [0.717, 1.165) is 23.6 Å². The Morgan fingerprint density at radius 3 is 2.57 bits per heavy atom. The van der Waals surface area contributed by atoms with Crippen molar-refractivity contribution < 1.29 is 19.1 Å². The summed E-state index contributed by atoms with van der Waals surface area (Å²) in [7, 11) is -4.08. The number of rotatable bonds is 7. The first kappa shape index (κ1) is 16.0. The number of ether oxygens (including phenoxy) is 1. The van der Waals surface area contributed by atoms with E-state index in [9.17, 15) is 14.4 Å². The van der Waals surface area contributed by atoms with Gasteiger partial charge in [0.15, 0.2) is 0 Å². The minimum atomic E-state index is -4.08. The number of hydrogen-bond donors (Lipinski definition) is 2. The van der Waals surface area contributed by atoms with Crippen LogP contribution in [0.25, 0.3) is 10.8 Å². The molecule has 0 aromatic heterocycles. The van der Waals surface area contributed by atoms with Crippen LogP contribution < -0.4 is 4.74 Å². The number of fused-ring (bicyclic) bond motifs is 1. The van der Waals surface area contributed by atoms with Crippen LogP contribution in [0.5, 0.6) is 5.75 Å². The molecule has 0 aliphatic heterocycles. The van der Waals surface area contributed by atoms with E-state index in [-0.39, 0.29) is 6.16 Å². The fourth-order valence-electron chi connectivity index (χ4n) is 2.36. The van der Waals surface area contributed by atoms with E-state index < -0.39 is 13.7 Å². The Kier molecular flexibility index (Phi) is 5.40. The van der Waals surface area contributed by atoms with E-state index in [0.29, 0.717) is 12.2 Å². The van der Waals surface area contributed by atoms with Gasteiger partial charge in [-0.05, 0) is 17.9 Å². The lowest BCUT2D eigenvalue weighted by Crippen LogP contribution is -2.21. The highest BCUT2D eigenvalue weighted by molar-refractivity contribution is 7.51. The quantitative estimate of drug-likeness (QED) is 0.760. The molecule has 1 unspecified atom stereocenters. The third-order valence-corrected chi connectivity index (χ3v) is 4.25. The van der Waals surface area contributed by atoms with Gasteiger partial charge in [0.1, 0.15) is 11.9 Å². The Morgan fingerprint density at radius 1 is 1.14 bits per heavy atom. The van der Waals surface area contributed by atoms with Crippen LogP contribution in [0, 0.1) is 0 Å². The van der Waals surface area contributed by atoms with Gasteiger partial charge in [-0.3, -0.25) is 4.57 Å². The number of unbranched alkanes of at least 4 members (excludes halogenated alkanes) is 1. The van der Waals surface area contributed by atoms with E-state index >= 15 is 0 Å².